The molecule has 20 heavy (non-hydrogen) atoms. The topological polar surface area (TPSA) is 48.9 Å². The van der Waals surface area contributed by atoms with E-state index in [0.717, 1.165) is 9.35 Å². The summed E-state index contributed by atoms with van der Waals surface area (Å²) in [7, 11) is 0. The summed E-state index contributed by atoms with van der Waals surface area (Å²) in [5, 5.41) is 13.9. The second-order valence-electron chi connectivity index (χ2n) is 4.25. The normalized spacial score (nSPS) is 14.2. The van der Waals surface area contributed by atoms with Crippen LogP contribution in [0.15, 0.2) is 52.6 Å². The van der Waals surface area contributed by atoms with Gasteiger partial charge in [-0.25, -0.2) is 4.98 Å². The summed E-state index contributed by atoms with van der Waals surface area (Å²) >= 11 is 10.9. The van der Waals surface area contributed by atoms with Crippen LogP contribution >= 0.6 is 38.9 Å². The number of thiophene rings is 1. The number of rotatable bonds is 3. The van der Waals surface area contributed by atoms with Gasteiger partial charge in [-0.15, -0.1) is 11.3 Å². The van der Waals surface area contributed by atoms with Gasteiger partial charge in [-0.3, -0.25) is 0 Å². The Morgan fingerprint density at radius 2 is 2.00 bits per heavy atom. The molecule has 0 aliphatic rings. The number of halogens is 2. The van der Waals surface area contributed by atoms with Crippen LogP contribution in [-0.4, -0.2) is 15.1 Å². The summed E-state index contributed by atoms with van der Waals surface area (Å²) in [4.78, 5) is 8.00. The van der Waals surface area contributed by atoms with Crippen LogP contribution in [0.3, 0.4) is 0 Å². The van der Waals surface area contributed by atoms with Gasteiger partial charge in [0.25, 0.3) is 0 Å². The Kier molecular flexibility index (Phi) is 3.69. The zero-order chi connectivity index (χ0) is 14.2. The summed E-state index contributed by atoms with van der Waals surface area (Å²) in [6.07, 6.45) is 3.31. The van der Waals surface area contributed by atoms with Crippen molar-refractivity contribution in [1.29, 1.82) is 0 Å². The van der Waals surface area contributed by atoms with E-state index in [1.165, 1.54) is 11.3 Å². The largest absolute Gasteiger partial charge is 0.372 e. The molecule has 3 nitrogen and oxygen atoms in total. The van der Waals surface area contributed by atoms with Crippen molar-refractivity contribution in [2.75, 3.05) is 0 Å². The van der Waals surface area contributed by atoms with Gasteiger partial charge in [-0.1, -0.05) is 23.7 Å². The summed E-state index contributed by atoms with van der Waals surface area (Å²) in [6, 6.07) is 9.02. The molecule has 2 N–H and O–H groups in total. The van der Waals surface area contributed by atoms with Crippen LogP contribution in [0.4, 0.5) is 0 Å². The minimum absolute atomic E-state index is 0.475. The molecule has 1 unspecified atom stereocenters. The maximum Gasteiger partial charge on any atom is 0.183 e. The van der Waals surface area contributed by atoms with Gasteiger partial charge in [0.2, 0.25) is 0 Å². The van der Waals surface area contributed by atoms with Gasteiger partial charge in [0.05, 0.1) is 4.88 Å². The lowest BCUT2D eigenvalue weighted by Crippen LogP contribution is -2.29. The van der Waals surface area contributed by atoms with E-state index in [1.54, 1.807) is 36.7 Å². The van der Waals surface area contributed by atoms with Crippen LogP contribution in [0.25, 0.3) is 0 Å². The summed E-state index contributed by atoms with van der Waals surface area (Å²) < 4.78 is 0.844. The first-order valence-corrected chi connectivity index (χ1v) is 7.89. The number of H-pyrrole nitrogens is 1. The van der Waals surface area contributed by atoms with Crippen molar-refractivity contribution in [2.24, 2.45) is 0 Å². The maximum absolute atomic E-state index is 11.3. The van der Waals surface area contributed by atoms with E-state index in [4.69, 9.17) is 11.6 Å². The van der Waals surface area contributed by atoms with Gasteiger partial charge in [-0.2, -0.15) is 0 Å². The fourth-order valence-electron chi connectivity index (χ4n) is 2.08. The average Bonchev–Trinajstić information content (AvgIpc) is 3.10. The molecule has 0 spiro atoms. The predicted molar refractivity (Wildman–Crippen MR) is 84.2 cm³/mol. The van der Waals surface area contributed by atoms with E-state index in [-0.39, 0.29) is 0 Å². The Morgan fingerprint density at radius 3 is 2.55 bits per heavy atom. The number of hydrogen-bond acceptors (Lipinski definition) is 3. The average molecular weight is 370 g/mol. The molecule has 2 heterocycles. The molecule has 0 saturated heterocycles. The Morgan fingerprint density at radius 1 is 1.25 bits per heavy atom. The Labute approximate surface area is 133 Å². The highest BCUT2D eigenvalue weighted by Gasteiger charge is 2.39. The van der Waals surface area contributed by atoms with Crippen LogP contribution in [0.5, 0.6) is 0 Å². The standard InChI is InChI=1S/C14H10BrClN2OS/c15-11-5-8-20-12(11)14(19,13-17-6-7-18-13)9-1-3-10(16)4-2-9/h1-8,19H,(H,17,18). The zero-order valence-corrected chi connectivity index (χ0v) is 13.3. The van der Waals surface area contributed by atoms with Crippen molar-refractivity contribution in [3.05, 3.63) is 73.9 Å². The molecule has 6 heteroatoms. The number of aromatic nitrogens is 2. The van der Waals surface area contributed by atoms with Gasteiger partial charge < -0.3 is 10.1 Å². The van der Waals surface area contributed by atoms with Crippen molar-refractivity contribution < 1.29 is 5.11 Å². The predicted octanol–water partition coefficient (Wildman–Crippen LogP) is 4.17. The molecule has 0 amide bonds. The van der Waals surface area contributed by atoms with Crippen molar-refractivity contribution >= 4 is 38.9 Å². The third kappa shape index (κ3) is 2.20. The number of aliphatic hydroxyl groups is 1. The summed E-state index contributed by atoms with van der Waals surface area (Å²) in [6.45, 7) is 0. The molecule has 2 aromatic heterocycles. The molecular weight excluding hydrogens is 360 g/mol. The molecule has 0 aliphatic heterocycles. The number of nitrogens with zero attached hydrogens (tertiary/aromatic N) is 1. The quantitative estimate of drug-likeness (QED) is 0.728. The molecule has 1 aromatic carbocycles. The van der Waals surface area contributed by atoms with Gasteiger partial charge in [-0.05, 0) is 45.1 Å². The lowest BCUT2D eigenvalue weighted by molar-refractivity contribution is 0.120. The fourth-order valence-corrected chi connectivity index (χ4v) is 3.99. The third-order valence-electron chi connectivity index (χ3n) is 3.05. The van der Waals surface area contributed by atoms with E-state index in [1.807, 2.05) is 11.4 Å². The minimum atomic E-state index is -1.33. The summed E-state index contributed by atoms with van der Waals surface area (Å²) in [5.41, 5.74) is -0.624. The molecule has 3 aromatic rings. The van der Waals surface area contributed by atoms with Gasteiger partial charge in [0.15, 0.2) is 5.60 Å². The highest BCUT2D eigenvalue weighted by atomic mass is 79.9. The van der Waals surface area contributed by atoms with Crippen molar-refractivity contribution in [1.82, 2.24) is 9.97 Å². The molecule has 0 aliphatic carbocycles. The molecule has 102 valence electrons. The molecule has 1 atom stereocenters. The first kappa shape index (κ1) is 13.8. The Hall–Kier alpha value is -1.14. The summed E-state index contributed by atoms with van der Waals surface area (Å²) in [5.74, 6) is 0.475. The number of nitrogens with one attached hydrogen (secondary N) is 1. The van der Waals surface area contributed by atoms with Crippen LogP contribution in [-0.2, 0) is 5.60 Å². The number of aromatic amines is 1. The minimum Gasteiger partial charge on any atom is -0.372 e. The SMILES string of the molecule is OC(c1ccc(Cl)cc1)(c1ncc[nH]1)c1sccc1Br. The highest BCUT2D eigenvalue weighted by Crippen LogP contribution is 2.41. The number of imidazole rings is 1. The monoisotopic (exact) mass is 368 g/mol. The van der Waals surface area contributed by atoms with E-state index in [0.29, 0.717) is 16.4 Å². The molecule has 0 radical (unpaired) electrons. The van der Waals surface area contributed by atoms with Gasteiger partial charge >= 0.3 is 0 Å². The third-order valence-corrected chi connectivity index (χ3v) is 5.25. The van der Waals surface area contributed by atoms with Crippen molar-refractivity contribution in [3.8, 4) is 0 Å². The first-order chi connectivity index (χ1) is 9.62. The maximum atomic E-state index is 11.3. The van der Waals surface area contributed by atoms with Gasteiger partial charge in [0, 0.05) is 21.9 Å². The van der Waals surface area contributed by atoms with Crippen LogP contribution in [0.2, 0.25) is 5.02 Å². The zero-order valence-electron chi connectivity index (χ0n) is 10.2. The van der Waals surface area contributed by atoms with Crippen molar-refractivity contribution in [3.63, 3.8) is 0 Å². The Bertz CT molecular complexity index is 711. The van der Waals surface area contributed by atoms with E-state index in [2.05, 4.69) is 25.9 Å². The molecule has 3 rings (SSSR count). The lowest BCUT2D eigenvalue weighted by Gasteiger charge is -2.26. The van der Waals surface area contributed by atoms with E-state index in [9.17, 15) is 5.11 Å². The molecular formula is C14H10BrClN2OS. The number of benzene rings is 1. The second kappa shape index (κ2) is 5.33. The van der Waals surface area contributed by atoms with Crippen LogP contribution in [0.1, 0.15) is 16.3 Å². The lowest BCUT2D eigenvalue weighted by atomic mass is 9.91. The van der Waals surface area contributed by atoms with E-state index >= 15 is 0 Å². The van der Waals surface area contributed by atoms with Crippen LogP contribution < -0.4 is 0 Å². The Balaban J connectivity index is 2.24. The van der Waals surface area contributed by atoms with Crippen LogP contribution in [0, 0.1) is 0 Å². The first-order valence-electron chi connectivity index (χ1n) is 5.84. The number of hydrogen-bond donors (Lipinski definition) is 2. The second-order valence-corrected chi connectivity index (χ2v) is 6.46. The smallest absolute Gasteiger partial charge is 0.183 e. The molecule has 0 saturated carbocycles. The van der Waals surface area contributed by atoms with Gasteiger partial charge in [0.1, 0.15) is 5.82 Å². The fraction of sp³-hybridized carbons (Fsp3) is 0.0714. The molecule has 0 bridgehead atoms. The molecule has 0 fully saturated rings. The van der Waals surface area contributed by atoms with Crippen molar-refractivity contribution in [2.45, 2.75) is 5.60 Å². The highest BCUT2D eigenvalue weighted by molar-refractivity contribution is 9.10. The van der Waals surface area contributed by atoms with E-state index < -0.39 is 5.60 Å².